The van der Waals surface area contributed by atoms with E-state index in [4.69, 9.17) is 16.6 Å². The van der Waals surface area contributed by atoms with Gasteiger partial charge in [0.1, 0.15) is 5.76 Å². The Hall–Kier alpha value is -1.85. The average Bonchev–Trinajstić information content (AvgIpc) is 3.02. The maximum atomic E-state index is 5.77. The van der Waals surface area contributed by atoms with E-state index in [1.54, 1.807) is 11.2 Å². The number of rotatable bonds is 7. The number of nitrogens with zero attached hydrogens (tertiary/aromatic N) is 1. The van der Waals surface area contributed by atoms with Gasteiger partial charge < -0.3 is 19.5 Å². The van der Waals surface area contributed by atoms with Crippen LogP contribution in [0.4, 0.5) is 5.69 Å². The summed E-state index contributed by atoms with van der Waals surface area (Å²) in [6.07, 6.45) is 8.42. The van der Waals surface area contributed by atoms with E-state index in [2.05, 4.69) is 42.3 Å². The van der Waals surface area contributed by atoms with Crippen LogP contribution in [0.1, 0.15) is 49.0 Å². The molecule has 1 aromatic carbocycles. The predicted molar refractivity (Wildman–Crippen MR) is 120 cm³/mol. The molecular formula is C23H34N3OS+. The van der Waals surface area contributed by atoms with Crippen LogP contribution < -0.4 is 10.2 Å². The first kappa shape index (κ1) is 20.9. The van der Waals surface area contributed by atoms with Crippen LogP contribution in [-0.4, -0.2) is 36.2 Å². The number of thiocarbonyl (C=S) groups is 1. The molecule has 2 N–H and O–H groups in total. The molecule has 0 aliphatic carbocycles. The van der Waals surface area contributed by atoms with Crippen molar-refractivity contribution >= 4 is 23.0 Å². The maximum Gasteiger partial charge on any atom is 0.173 e. The Bertz CT molecular complexity index is 716. The van der Waals surface area contributed by atoms with Crippen LogP contribution in [-0.2, 0) is 6.54 Å². The summed E-state index contributed by atoms with van der Waals surface area (Å²) in [5.41, 5.74) is 3.55. The molecule has 28 heavy (non-hydrogen) atoms. The Labute approximate surface area is 174 Å². The van der Waals surface area contributed by atoms with Gasteiger partial charge in [0.05, 0.1) is 32.4 Å². The number of aryl methyl sites for hydroxylation is 2. The molecule has 0 spiro atoms. The quantitative estimate of drug-likeness (QED) is 0.690. The maximum absolute atomic E-state index is 5.77. The van der Waals surface area contributed by atoms with Crippen LogP contribution in [0.15, 0.2) is 41.0 Å². The molecule has 2 heterocycles. The van der Waals surface area contributed by atoms with Gasteiger partial charge in [-0.05, 0) is 87.1 Å². The molecule has 0 saturated carbocycles. The van der Waals surface area contributed by atoms with Crippen molar-refractivity contribution < 1.29 is 9.32 Å². The number of anilines is 1. The molecule has 2 aromatic rings. The van der Waals surface area contributed by atoms with E-state index in [1.807, 2.05) is 12.1 Å². The molecule has 0 amide bonds. The topological polar surface area (TPSA) is 32.9 Å². The van der Waals surface area contributed by atoms with E-state index in [0.29, 0.717) is 6.54 Å². The Kier molecular flexibility index (Phi) is 7.92. The Balaban J connectivity index is 1.59. The summed E-state index contributed by atoms with van der Waals surface area (Å²) in [6.45, 7) is 9.76. The molecule has 1 saturated heterocycles. The minimum Gasteiger partial charge on any atom is -0.467 e. The van der Waals surface area contributed by atoms with E-state index in [-0.39, 0.29) is 0 Å². The van der Waals surface area contributed by atoms with Crippen molar-refractivity contribution in [1.82, 2.24) is 4.90 Å². The summed E-state index contributed by atoms with van der Waals surface area (Å²) in [6, 6.07) is 10.4. The van der Waals surface area contributed by atoms with Gasteiger partial charge in [-0.25, -0.2) is 0 Å². The molecule has 5 heteroatoms. The van der Waals surface area contributed by atoms with E-state index in [1.165, 1.54) is 56.4 Å². The molecule has 1 fully saturated rings. The lowest BCUT2D eigenvalue weighted by atomic mass is 10.1. The summed E-state index contributed by atoms with van der Waals surface area (Å²) in [7, 11) is 0. The number of furan rings is 1. The second kappa shape index (κ2) is 10.6. The van der Waals surface area contributed by atoms with Gasteiger partial charge in [-0.2, -0.15) is 0 Å². The Morgan fingerprint density at radius 3 is 2.46 bits per heavy atom. The zero-order valence-corrected chi connectivity index (χ0v) is 18.1. The minimum atomic E-state index is 0.707. The fourth-order valence-corrected chi connectivity index (χ4v) is 4.36. The molecule has 0 unspecified atom stereocenters. The monoisotopic (exact) mass is 400 g/mol. The highest BCUT2D eigenvalue weighted by atomic mass is 32.1. The third-order valence-electron chi connectivity index (χ3n) is 5.46. The van der Waals surface area contributed by atoms with E-state index < -0.39 is 0 Å². The van der Waals surface area contributed by atoms with Gasteiger partial charge >= 0.3 is 0 Å². The molecule has 0 bridgehead atoms. The Morgan fingerprint density at radius 2 is 1.82 bits per heavy atom. The van der Waals surface area contributed by atoms with Crippen LogP contribution in [0, 0.1) is 13.8 Å². The number of nitrogens with one attached hydrogen (secondary N) is 2. The highest BCUT2D eigenvalue weighted by molar-refractivity contribution is 7.80. The van der Waals surface area contributed by atoms with Crippen molar-refractivity contribution in [1.29, 1.82) is 0 Å². The van der Waals surface area contributed by atoms with Gasteiger partial charge in [0.25, 0.3) is 0 Å². The number of likely N-dealkylation sites (tertiary alicyclic amines) is 1. The minimum absolute atomic E-state index is 0.707. The molecule has 1 aliphatic rings. The summed E-state index contributed by atoms with van der Waals surface area (Å²) < 4.78 is 5.58. The van der Waals surface area contributed by atoms with Gasteiger partial charge in [-0.1, -0.05) is 6.07 Å². The molecular weight excluding hydrogens is 366 g/mol. The zero-order chi connectivity index (χ0) is 19.8. The van der Waals surface area contributed by atoms with Crippen molar-refractivity contribution in [2.45, 2.75) is 52.5 Å². The van der Waals surface area contributed by atoms with Gasteiger partial charge in [0.15, 0.2) is 5.11 Å². The summed E-state index contributed by atoms with van der Waals surface area (Å²) in [5.74, 6) is 0.951. The first-order valence-electron chi connectivity index (χ1n) is 10.6. The first-order valence-corrected chi connectivity index (χ1v) is 11.0. The van der Waals surface area contributed by atoms with Crippen LogP contribution in [0.5, 0.6) is 0 Å². The summed E-state index contributed by atoms with van der Waals surface area (Å²) >= 11 is 5.77. The number of benzene rings is 1. The summed E-state index contributed by atoms with van der Waals surface area (Å²) in [5, 5.41) is 4.21. The number of hydrogen-bond donors (Lipinski definition) is 2. The molecule has 1 aliphatic heterocycles. The van der Waals surface area contributed by atoms with Gasteiger partial charge in [0, 0.05) is 18.7 Å². The largest absolute Gasteiger partial charge is 0.467 e. The Morgan fingerprint density at radius 1 is 1.11 bits per heavy atom. The van der Waals surface area contributed by atoms with E-state index in [0.717, 1.165) is 29.5 Å². The molecule has 1 aromatic heterocycles. The lowest BCUT2D eigenvalue weighted by molar-refractivity contribution is -0.899. The lowest BCUT2D eigenvalue weighted by Gasteiger charge is -2.26. The summed E-state index contributed by atoms with van der Waals surface area (Å²) in [4.78, 5) is 3.99. The molecule has 152 valence electrons. The second-order valence-electron chi connectivity index (χ2n) is 8.08. The average molecular weight is 401 g/mol. The van der Waals surface area contributed by atoms with Crippen molar-refractivity contribution in [3.8, 4) is 0 Å². The zero-order valence-electron chi connectivity index (χ0n) is 17.3. The smallest absolute Gasteiger partial charge is 0.173 e. The van der Waals surface area contributed by atoms with E-state index in [9.17, 15) is 0 Å². The molecule has 0 radical (unpaired) electrons. The third kappa shape index (κ3) is 6.64. The highest BCUT2D eigenvalue weighted by Crippen LogP contribution is 2.15. The van der Waals surface area contributed by atoms with Gasteiger partial charge in [-0.3, -0.25) is 0 Å². The van der Waals surface area contributed by atoms with Crippen molar-refractivity contribution in [3.63, 3.8) is 0 Å². The van der Waals surface area contributed by atoms with Crippen LogP contribution in [0.25, 0.3) is 0 Å². The third-order valence-corrected chi connectivity index (χ3v) is 5.82. The van der Waals surface area contributed by atoms with Crippen LogP contribution in [0.2, 0.25) is 0 Å². The van der Waals surface area contributed by atoms with Crippen molar-refractivity contribution in [2.75, 3.05) is 31.5 Å². The van der Waals surface area contributed by atoms with E-state index >= 15 is 0 Å². The number of quaternary nitrogens is 1. The molecule has 3 rings (SSSR count). The number of hydrogen-bond acceptors (Lipinski definition) is 2. The molecule has 0 atom stereocenters. The van der Waals surface area contributed by atoms with Crippen molar-refractivity contribution in [2.24, 2.45) is 0 Å². The molecule has 4 nitrogen and oxygen atoms in total. The normalized spacial score (nSPS) is 15.2. The second-order valence-corrected chi connectivity index (χ2v) is 8.46. The van der Waals surface area contributed by atoms with Crippen molar-refractivity contribution in [3.05, 3.63) is 53.5 Å². The fourth-order valence-electron chi connectivity index (χ4n) is 4.09. The lowest BCUT2D eigenvalue weighted by Crippen LogP contribution is -3.11. The standard InChI is InChI=1S/C23H33N3OS/c1-19-15-20(2)17-21(16-19)24-23(28)26(18-22-9-7-14-27-22)13-8-12-25-10-5-3-4-6-11-25/h7,9,14-17H,3-6,8,10-13,18H2,1-2H3,(H,24,28)/p+1. The highest BCUT2D eigenvalue weighted by Gasteiger charge is 2.16. The fraction of sp³-hybridized carbons (Fsp3) is 0.522. The SMILES string of the molecule is Cc1cc(C)cc(NC(=S)N(CCC[NH+]2CCCCCC2)Cc2ccco2)c1. The van der Waals surface area contributed by atoms with Crippen LogP contribution in [0.3, 0.4) is 0 Å². The van der Waals surface area contributed by atoms with Gasteiger partial charge in [0.2, 0.25) is 0 Å². The van der Waals surface area contributed by atoms with Gasteiger partial charge in [-0.15, -0.1) is 0 Å². The first-order chi connectivity index (χ1) is 13.6. The predicted octanol–water partition coefficient (Wildman–Crippen LogP) is 3.94. The van der Waals surface area contributed by atoms with Crippen LogP contribution >= 0.6 is 12.2 Å².